The lowest BCUT2D eigenvalue weighted by Crippen LogP contribution is -2.43. The summed E-state index contributed by atoms with van der Waals surface area (Å²) >= 11 is 0. The maximum Gasteiger partial charge on any atom is 0.317 e. The van der Waals surface area contributed by atoms with Gasteiger partial charge < -0.3 is 25.4 Å². The first-order valence-electron chi connectivity index (χ1n) is 5.73. The van der Waals surface area contributed by atoms with Gasteiger partial charge in [-0.25, -0.2) is 4.79 Å². The van der Waals surface area contributed by atoms with Crippen LogP contribution in [0.25, 0.3) is 0 Å². The lowest BCUT2D eigenvalue weighted by atomic mass is 10.0. The molecule has 0 spiro atoms. The zero-order valence-electron chi connectivity index (χ0n) is 9.37. The van der Waals surface area contributed by atoms with E-state index in [0.717, 1.165) is 13.1 Å². The zero-order valence-corrected chi connectivity index (χ0v) is 9.37. The normalized spacial score (nSPS) is 29.8. The van der Waals surface area contributed by atoms with Crippen LogP contribution in [0.15, 0.2) is 0 Å². The largest absolute Gasteiger partial charge is 0.386 e. The van der Waals surface area contributed by atoms with E-state index < -0.39 is 5.60 Å². The van der Waals surface area contributed by atoms with Crippen LogP contribution < -0.4 is 10.6 Å². The maximum atomic E-state index is 11.2. The van der Waals surface area contributed by atoms with Crippen LogP contribution >= 0.6 is 0 Å². The summed E-state index contributed by atoms with van der Waals surface area (Å²) in [4.78, 5) is 13.0. The lowest BCUT2D eigenvalue weighted by molar-refractivity contribution is 0.0270. The molecule has 0 saturated carbocycles. The first-order chi connectivity index (χ1) is 7.70. The van der Waals surface area contributed by atoms with E-state index in [2.05, 4.69) is 10.6 Å². The average molecular weight is 229 g/mol. The van der Waals surface area contributed by atoms with Crippen molar-refractivity contribution >= 4 is 6.03 Å². The van der Waals surface area contributed by atoms with Crippen LogP contribution in [-0.4, -0.2) is 67.6 Å². The highest BCUT2D eigenvalue weighted by atomic mass is 16.5. The Kier molecular flexibility index (Phi) is 3.63. The molecule has 2 saturated heterocycles. The summed E-state index contributed by atoms with van der Waals surface area (Å²) in [7, 11) is 0. The fraction of sp³-hybridized carbons (Fsp3) is 0.900. The minimum Gasteiger partial charge on any atom is -0.386 e. The van der Waals surface area contributed by atoms with Gasteiger partial charge in [0, 0.05) is 45.8 Å². The van der Waals surface area contributed by atoms with Gasteiger partial charge in [-0.3, -0.25) is 0 Å². The van der Waals surface area contributed by atoms with Crippen molar-refractivity contribution < 1.29 is 14.6 Å². The van der Waals surface area contributed by atoms with E-state index in [1.807, 2.05) is 0 Å². The molecule has 0 aromatic heterocycles. The van der Waals surface area contributed by atoms with Gasteiger partial charge in [0.05, 0.1) is 6.61 Å². The summed E-state index contributed by atoms with van der Waals surface area (Å²) in [5.74, 6) is 0. The van der Waals surface area contributed by atoms with Crippen LogP contribution in [0.1, 0.15) is 6.42 Å². The predicted molar refractivity (Wildman–Crippen MR) is 58.2 cm³/mol. The quantitative estimate of drug-likeness (QED) is 0.515. The van der Waals surface area contributed by atoms with Crippen molar-refractivity contribution in [2.75, 3.05) is 45.9 Å². The molecular formula is C10H19N3O3. The molecule has 6 heteroatoms. The van der Waals surface area contributed by atoms with E-state index in [1.165, 1.54) is 0 Å². The van der Waals surface area contributed by atoms with Crippen molar-refractivity contribution in [2.45, 2.75) is 12.0 Å². The van der Waals surface area contributed by atoms with Crippen molar-refractivity contribution in [3.63, 3.8) is 0 Å². The summed E-state index contributed by atoms with van der Waals surface area (Å²) in [6, 6.07) is 0.00436. The SMILES string of the molecule is O=C1NCCN1CCNCC1(O)CCOC1. The molecule has 0 aliphatic carbocycles. The average Bonchev–Trinajstić information content (AvgIpc) is 2.84. The van der Waals surface area contributed by atoms with Crippen molar-refractivity contribution in [3.8, 4) is 0 Å². The first-order valence-corrected chi connectivity index (χ1v) is 5.73. The number of nitrogens with one attached hydrogen (secondary N) is 2. The third-order valence-corrected chi connectivity index (χ3v) is 3.04. The Bertz CT molecular complexity index is 254. The molecule has 16 heavy (non-hydrogen) atoms. The molecule has 0 aromatic carbocycles. The van der Waals surface area contributed by atoms with Crippen LogP contribution in [0.2, 0.25) is 0 Å². The number of amides is 2. The molecule has 2 aliphatic rings. The van der Waals surface area contributed by atoms with E-state index in [4.69, 9.17) is 4.74 Å². The summed E-state index contributed by atoms with van der Waals surface area (Å²) in [6.45, 7) is 4.46. The molecule has 1 unspecified atom stereocenters. The molecule has 2 aliphatic heterocycles. The third-order valence-electron chi connectivity index (χ3n) is 3.04. The summed E-state index contributed by atoms with van der Waals surface area (Å²) in [5.41, 5.74) is -0.715. The third kappa shape index (κ3) is 2.84. The molecule has 2 heterocycles. The van der Waals surface area contributed by atoms with Crippen molar-refractivity contribution in [2.24, 2.45) is 0 Å². The Morgan fingerprint density at radius 3 is 3.12 bits per heavy atom. The molecule has 0 aromatic rings. The second-order valence-corrected chi connectivity index (χ2v) is 4.42. The van der Waals surface area contributed by atoms with Gasteiger partial charge >= 0.3 is 6.03 Å². The number of carbonyl (C=O) groups excluding carboxylic acids is 1. The number of carbonyl (C=O) groups is 1. The van der Waals surface area contributed by atoms with Crippen molar-refractivity contribution in [1.29, 1.82) is 0 Å². The molecular weight excluding hydrogens is 210 g/mol. The Balaban J connectivity index is 1.59. The van der Waals surface area contributed by atoms with Gasteiger partial charge in [0.15, 0.2) is 0 Å². The fourth-order valence-electron chi connectivity index (χ4n) is 2.00. The highest BCUT2D eigenvalue weighted by Gasteiger charge is 2.31. The molecule has 6 nitrogen and oxygen atoms in total. The van der Waals surface area contributed by atoms with E-state index in [9.17, 15) is 9.90 Å². The standard InChI is InChI=1S/C10H19N3O3/c14-9-12-3-5-13(9)4-2-11-7-10(15)1-6-16-8-10/h11,15H,1-8H2,(H,12,14). The minimum atomic E-state index is -0.715. The molecule has 2 fully saturated rings. The molecule has 0 bridgehead atoms. The highest BCUT2D eigenvalue weighted by molar-refractivity contribution is 5.76. The second kappa shape index (κ2) is 4.99. The summed E-state index contributed by atoms with van der Waals surface area (Å²) in [6.07, 6.45) is 0.685. The van der Waals surface area contributed by atoms with Gasteiger partial charge in [0.1, 0.15) is 5.60 Å². The Morgan fingerprint density at radius 2 is 2.50 bits per heavy atom. The minimum absolute atomic E-state index is 0.00436. The van der Waals surface area contributed by atoms with Crippen LogP contribution in [0, 0.1) is 0 Å². The first kappa shape index (κ1) is 11.6. The lowest BCUT2D eigenvalue weighted by Gasteiger charge is -2.21. The smallest absolute Gasteiger partial charge is 0.317 e. The summed E-state index contributed by atoms with van der Waals surface area (Å²) < 4.78 is 5.14. The van der Waals surface area contributed by atoms with Gasteiger partial charge in [-0.2, -0.15) is 0 Å². The number of urea groups is 1. The molecule has 2 amide bonds. The Labute approximate surface area is 94.9 Å². The van der Waals surface area contributed by atoms with Crippen LogP contribution in [0.4, 0.5) is 4.79 Å². The number of hydrogen-bond donors (Lipinski definition) is 3. The Hall–Kier alpha value is -0.850. The number of rotatable bonds is 5. The molecule has 2 rings (SSSR count). The van der Waals surface area contributed by atoms with Crippen LogP contribution in [0.3, 0.4) is 0 Å². The second-order valence-electron chi connectivity index (χ2n) is 4.42. The van der Waals surface area contributed by atoms with Gasteiger partial charge in [-0.1, -0.05) is 0 Å². The monoisotopic (exact) mass is 229 g/mol. The predicted octanol–water partition coefficient (Wildman–Crippen LogP) is -1.25. The summed E-state index contributed by atoms with van der Waals surface area (Å²) in [5, 5.41) is 15.9. The van der Waals surface area contributed by atoms with Gasteiger partial charge in [-0.15, -0.1) is 0 Å². The molecule has 0 radical (unpaired) electrons. The Morgan fingerprint density at radius 1 is 1.62 bits per heavy atom. The fourth-order valence-corrected chi connectivity index (χ4v) is 2.00. The highest BCUT2D eigenvalue weighted by Crippen LogP contribution is 2.16. The van der Waals surface area contributed by atoms with Crippen molar-refractivity contribution in [1.82, 2.24) is 15.5 Å². The molecule has 1 atom stereocenters. The van der Waals surface area contributed by atoms with E-state index in [-0.39, 0.29) is 6.03 Å². The number of nitrogens with zero attached hydrogens (tertiary/aromatic N) is 1. The van der Waals surface area contributed by atoms with E-state index in [1.54, 1.807) is 4.90 Å². The van der Waals surface area contributed by atoms with E-state index in [0.29, 0.717) is 39.3 Å². The van der Waals surface area contributed by atoms with Gasteiger partial charge in [-0.05, 0) is 0 Å². The van der Waals surface area contributed by atoms with Crippen LogP contribution in [-0.2, 0) is 4.74 Å². The van der Waals surface area contributed by atoms with Gasteiger partial charge in [0.25, 0.3) is 0 Å². The van der Waals surface area contributed by atoms with Crippen LogP contribution in [0.5, 0.6) is 0 Å². The number of ether oxygens (including phenoxy) is 1. The molecule has 3 N–H and O–H groups in total. The number of hydrogen-bond acceptors (Lipinski definition) is 4. The topological polar surface area (TPSA) is 73.8 Å². The van der Waals surface area contributed by atoms with E-state index >= 15 is 0 Å². The van der Waals surface area contributed by atoms with Gasteiger partial charge in [0.2, 0.25) is 0 Å². The maximum absolute atomic E-state index is 11.2. The zero-order chi connectivity index (χ0) is 11.4. The molecule has 92 valence electrons. The number of aliphatic hydroxyl groups is 1. The van der Waals surface area contributed by atoms with Crippen molar-refractivity contribution in [3.05, 3.63) is 0 Å².